The second kappa shape index (κ2) is 4.84. The van der Waals surface area contributed by atoms with Gasteiger partial charge in [-0.2, -0.15) is 5.10 Å². The maximum Gasteiger partial charge on any atom is 0.157 e. The molecule has 1 atom stereocenters. The molecule has 1 unspecified atom stereocenters. The van der Waals surface area contributed by atoms with Gasteiger partial charge in [0.15, 0.2) is 5.65 Å². The number of nitrogens with zero attached hydrogens (tertiary/aromatic N) is 3. The summed E-state index contributed by atoms with van der Waals surface area (Å²) >= 11 is 1.88. The smallest absolute Gasteiger partial charge is 0.157 e. The third kappa shape index (κ3) is 2.12. The van der Waals surface area contributed by atoms with Crippen molar-refractivity contribution in [3.05, 3.63) is 39.8 Å². The van der Waals surface area contributed by atoms with E-state index in [0.29, 0.717) is 6.04 Å². The number of thiophene rings is 1. The number of pyridine rings is 1. The predicted octanol–water partition coefficient (Wildman–Crippen LogP) is 3.83. The summed E-state index contributed by atoms with van der Waals surface area (Å²) in [7, 11) is 1.94. The molecule has 3 aromatic rings. The summed E-state index contributed by atoms with van der Waals surface area (Å²) < 4.78 is 1.84. The largest absolute Gasteiger partial charge is 0.377 e. The van der Waals surface area contributed by atoms with E-state index in [4.69, 9.17) is 0 Å². The zero-order valence-electron chi connectivity index (χ0n) is 12.3. The fourth-order valence-electron chi connectivity index (χ4n) is 3.22. The second-order valence-electron chi connectivity index (χ2n) is 5.69. The summed E-state index contributed by atoms with van der Waals surface area (Å²) in [4.78, 5) is 6.08. The van der Waals surface area contributed by atoms with Crippen molar-refractivity contribution in [2.24, 2.45) is 7.05 Å². The normalized spacial score (nSPS) is 17.9. The average molecular weight is 298 g/mol. The van der Waals surface area contributed by atoms with Gasteiger partial charge in [0.25, 0.3) is 0 Å². The van der Waals surface area contributed by atoms with Crippen LogP contribution in [0.25, 0.3) is 11.0 Å². The molecule has 1 aliphatic carbocycles. The Bertz CT molecular complexity index is 802. The van der Waals surface area contributed by atoms with E-state index in [9.17, 15) is 0 Å². The average Bonchev–Trinajstić information content (AvgIpc) is 3.06. The van der Waals surface area contributed by atoms with Gasteiger partial charge in [-0.05, 0) is 49.3 Å². The highest BCUT2D eigenvalue weighted by molar-refractivity contribution is 7.10. The van der Waals surface area contributed by atoms with E-state index < -0.39 is 0 Å². The molecule has 3 heterocycles. The monoisotopic (exact) mass is 298 g/mol. The Labute approximate surface area is 127 Å². The van der Waals surface area contributed by atoms with Crippen molar-refractivity contribution in [1.82, 2.24) is 14.8 Å². The zero-order valence-corrected chi connectivity index (χ0v) is 13.1. The number of aryl methyl sites for hydroxylation is 3. The molecule has 5 heteroatoms. The van der Waals surface area contributed by atoms with Gasteiger partial charge in [0.05, 0.1) is 23.6 Å². The molecule has 3 aromatic heterocycles. The molecule has 1 aliphatic rings. The molecule has 0 aliphatic heterocycles. The minimum absolute atomic E-state index is 0.413. The first-order valence-corrected chi connectivity index (χ1v) is 8.22. The van der Waals surface area contributed by atoms with Gasteiger partial charge in [0, 0.05) is 17.3 Å². The van der Waals surface area contributed by atoms with Crippen LogP contribution in [0.3, 0.4) is 0 Å². The fourth-order valence-corrected chi connectivity index (χ4v) is 4.21. The van der Waals surface area contributed by atoms with Gasteiger partial charge in [-0.1, -0.05) is 0 Å². The molecule has 0 fully saturated rings. The third-order valence-electron chi connectivity index (χ3n) is 4.26. The SMILES string of the molecule is Cc1nn(C)c2ncc(NC3CCCc4sccc43)cc12. The fraction of sp³-hybridized carbons (Fsp3) is 0.375. The molecule has 0 spiro atoms. The Morgan fingerprint density at radius 1 is 1.43 bits per heavy atom. The lowest BCUT2D eigenvalue weighted by atomic mass is 9.94. The Kier molecular flexibility index (Phi) is 2.96. The van der Waals surface area contributed by atoms with Gasteiger partial charge in [-0.3, -0.25) is 4.68 Å². The molecule has 4 rings (SSSR count). The summed E-state index contributed by atoms with van der Waals surface area (Å²) in [5.41, 5.74) is 4.53. The minimum Gasteiger partial charge on any atom is -0.377 e. The van der Waals surface area contributed by atoms with Crippen molar-refractivity contribution in [2.45, 2.75) is 32.2 Å². The second-order valence-corrected chi connectivity index (χ2v) is 6.69. The van der Waals surface area contributed by atoms with Crippen molar-refractivity contribution in [2.75, 3.05) is 5.32 Å². The summed E-state index contributed by atoms with van der Waals surface area (Å²) in [5, 5.41) is 11.4. The van der Waals surface area contributed by atoms with E-state index in [1.54, 1.807) is 0 Å². The van der Waals surface area contributed by atoms with Crippen LogP contribution in [0.15, 0.2) is 23.7 Å². The molecule has 0 radical (unpaired) electrons. The van der Waals surface area contributed by atoms with Crippen LogP contribution >= 0.6 is 11.3 Å². The van der Waals surface area contributed by atoms with Crippen molar-refractivity contribution in [1.29, 1.82) is 0 Å². The molecule has 0 amide bonds. The van der Waals surface area contributed by atoms with Crippen LogP contribution in [0.1, 0.15) is 35.0 Å². The van der Waals surface area contributed by atoms with Crippen molar-refractivity contribution >= 4 is 28.1 Å². The molecule has 0 saturated carbocycles. The van der Waals surface area contributed by atoms with Crippen LogP contribution in [-0.2, 0) is 13.5 Å². The van der Waals surface area contributed by atoms with Crippen molar-refractivity contribution < 1.29 is 0 Å². The lowest BCUT2D eigenvalue weighted by Gasteiger charge is -2.24. The van der Waals surface area contributed by atoms with Gasteiger partial charge in [0.2, 0.25) is 0 Å². The molecule has 0 saturated heterocycles. The first-order chi connectivity index (χ1) is 10.2. The molecule has 1 N–H and O–H groups in total. The van der Waals surface area contributed by atoms with Crippen LogP contribution in [0.4, 0.5) is 5.69 Å². The van der Waals surface area contributed by atoms with Gasteiger partial charge in [-0.25, -0.2) is 4.98 Å². The van der Waals surface area contributed by atoms with Crippen LogP contribution in [-0.4, -0.2) is 14.8 Å². The maximum atomic E-state index is 4.55. The summed E-state index contributed by atoms with van der Waals surface area (Å²) in [6, 6.07) is 4.85. The number of fused-ring (bicyclic) bond motifs is 2. The minimum atomic E-state index is 0.413. The molecule has 0 bridgehead atoms. The number of anilines is 1. The molecular formula is C16H18N4S. The van der Waals surface area contributed by atoms with E-state index in [-0.39, 0.29) is 0 Å². The maximum absolute atomic E-state index is 4.55. The lowest BCUT2D eigenvalue weighted by Crippen LogP contribution is -2.15. The molecule has 108 valence electrons. The molecule has 4 nitrogen and oxygen atoms in total. The molecular weight excluding hydrogens is 280 g/mol. The summed E-state index contributed by atoms with van der Waals surface area (Å²) in [5.74, 6) is 0. The topological polar surface area (TPSA) is 42.7 Å². The van der Waals surface area contributed by atoms with Gasteiger partial charge >= 0.3 is 0 Å². The van der Waals surface area contributed by atoms with E-state index >= 15 is 0 Å². The highest BCUT2D eigenvalue weighted by atomic mass is 32.1. The Morgan fingerprint density at radius 2 is 2.33 bits per heavy atom. The predicted molar refractivity (Wildman–Crippen MR) is 86.9 cm³/mol. The number of hydrogen-bond acceptors (Lipinski definition) is 4. The Balaban J connectivity index is 1.68. The first-order valence-electron chi connectivity index (χ1n) is 7.34. The standard InChI is InChI=1S/C16H18N4S/c1-10-13-8-11(9-17-16(13)20(2)19-10)18-14-4-3-5-15-12(14)6-7-21-15/h6-9,14,18H,3-5H2,1-2H3. The van der Waals surface area contributed by atoms with Crippen molar-refractivity contribution in [3.63, 3.8) is 0 Å². The Hall–Kier alpha value is -1.88. The van der Waals surface area contributed by atoms with Crippen molar-refractivity contribution in [3.8, 4) is 0 Å². The highest BCUT2D eigenvalue weighted by Crippen LogP contribution is 2.35. The van der Waals surface area contributed by atoms with Crippen LogP contribution in [0, 0.1) is 6.92 Å². The quantitative estimate of drug-likeness (QED) is 0.782. The van der Waals surface area contributed by atoms with E-state index in [2.05, 4.69) is 32.9 Å². The number of aromatic nitrogens is 3. The van der Waals surface area contributed by atoms with E-state index in [1.165, 1.54) is 29.7 Å². The first kappa shape index (κ1) is 12.8. The van der Waals surface area contributed by atoms with E-state index in [0.717, 1.165) is 22.4 Å². The van der Waals surface area contributed by atoms with Crippen LogP contribution < -0.4 is 5.32 Å². The van der Waals surface area contributed by atoms with Gasteiger partial charge in [-0.15, -0.1) is 11.3 Å². The highest BCUT2D eigenvalue weighted by Gasteiger charge is 2.21. The number of rotatable bonds is 2. The summed E-state index contributed by atoms with van der Waals surface area (Å²) in [6.07, 6.45) is 5.59. The number of hydrogen-bond donors (Lipinski definition) is 1. The van der Waals surface area contributed by atoms with E-state index in [1.807, 2.05) is 36.2 Å². The molecule has 21 heavy (non-hydrogen) atoms. The third-order valence-corrected chi connectivity index (χ3v) is 5.25. The summed E-state index contributed by atoms with van der Waals surface area (Å²) in [6.45, 7) is 2.03. The van der Waals surface area contributed by atoms with Crippen LogP contribution in [0.5, 0.6) is 0 Å². The van der Waals surface area contributed by atoms with Crippen LogP contribution in [0.2, 0.25) is 0 Å². The van der Waals surface area contributed by atoms with Gasteiger partial charge in [0.1, 0.15) is 0 Å². The molecule has 0 aromatic carbocycles. The lowest BCUT2D eigenvalue weighted by molar-refractivity contribution is 0.609. The number of nitrogens with one attached hydrogen (secondary N) is 1. The van der Waals surface area contributed by atoms with Gasteiger partial charge < -0.3 is 5.32 Å². The zero-order chi connectivity index (χ0) is 14.4. The Morgan fingerprint density at radius 3 is 3.24 bits per heavy atom.